The second-order valence-electron chi connectivity index (χ2n) is 6.93. The number of aromatic nitrogens is 2. The molecule has 0 unspecified atom stereocenters. The van der Waals surface area contributed by atoms with Crippen molar-refractivity contribution < 1.29 is 0 Å². The van der Waals surface area contributed by atoms with Gasteiger partial charge in [0.05, 0.1) is 23.6 Å². The Morgan fingerprint density at radius 3 is 2.48 bits per heavy atom. The highest BCUT2D eigenvalue weighted by Crippen LogP contribution is 2.24. The summed E-state index contributed by atoms with van der Waals surface area (Å²) < 4.78 is 3.06. The van der Waals surface area contributed by atoms with Crippen molar-refractivity contribution in [2.45, 2.75) is 20.4 Å². The first-order chi connectivity index (χ1) is 14.0. The van der Waals surface area contributed by atoms with Gasteiger partial charge in [0.15, 0.2) is 5.11 Å². The Labute approximate surface area is 184 Å². The van der Waals surface area contributed by atoms with Gasteiger partial charge in [0.1, 0.15) is 0 Å². The summed E-state index contributed by atoms with van der Waals surface area (Å²) >= 11 is 8.94. The first-order valence-electron chi connectivity index (χ1n) is 9.35. The molecule has 146 valence electrons. The van der Waals surface area contributed by atoms with Crippen LogP contribution < -0.4 is 10.6 Å². The van der Waals surface area contributed by atoms with E-state index in [0.29, 0.717) is 11.7 Å². The Hall–Kier alpha value is -2.70. The van der Waals surface area contributed by atoms with E-state index in [1.165, 1.54) is 16.3 Å². The molecule has 0 radical (unpaired) electrons. The third kappa shape index (κ3) is 4.33. The molecular weight excluding hydrogens is 444 g/mol. The molecule has 6 heteroatoms. The molecule has 4 nitrogen and oxygen atoms in total. The fraction of sp³-hybridized carbons (Fsp3) is 0.130. The average molecular weight is 465 g/mol. The van der Waals surface area contributed by atoms with Crippen LogP contribution in [0.25, 0.3) is 10.8 Å². The van der Waals surface area contributed by atoms with Gasteiger partial charge in [0, 0.05) is 10.2 Å². The van der Waals surface area contributed by atoms with E-state index in [4.69, 9.17) is 17.3 Å². The number of rotatable bonds is 4. The maximum absolute atomic E-state index is 5.50. The van der Waals surface area contributed by atoms with Gasteiger partial charge in [-0.25, -0.2) is 0 Å². The van der Waals surface area contributed by atoms with Crippen molar-refractivity contribution in [2.75, 3.05) is 10.6 Å². The summed E-state index contributed by atoms with van der Waals surface area (Å²) in [5, 5.41) is 14.3. The lowest BCUT2D eigenvalue weighted by molar-refractivity contribution is 0.662. The second kappa shape index (κ2) is 8.35. The molecular formula is C23H21BrN4S. The molecule has 0 aliphatic rings. The van der Waals surface area contributed by atoms with Crippen molar-refractivity contribution in [2.24, 2.45) is 0 Å². The molecule has 0 saturated carbocycles. The van der Waals surface area contributed by atoms with Crippen LogP contribution in [0.15, 0.2) is 71.2 Å². The minimum atomic E-state index is 0.545. The SMILES string of the molecule is Cc1nn(Cc2cccc3ccccc23)c(C)c1NC(=S)Nc1ccc(Br)cc1. The van der Waals surface area contributed by atoms with E-state index in [2.05, 4.69) is 76.0 Å². The Bertz CT molecular complexity index is 1180. The van der Waals surface area contributed by atoms with Gasteiger partial charge in [-0.2, -0.15) is 5.10 Å². The molecule has 0 aliphatic carbocycles. The summed E-state index contributed by atoms with van der Waals surface area (Å²) in [6.45, 7) is 4.77. The van der Waals surface area contributed by atoms with E-state index < -0.39 is 0 Å². The molecule has 0 saturated heterocycles. The maximum atomic E-state index is 5.50. The van der Waals surface area contributed by atoms with Crippen molar-refractivity contribution in [1.82, 2.24) is 9.78 Å². The van der Waals surface area contributed by atoms with Gasteiger partial charge in [-0.3, -0.25) is 4.68 Å². The molecule has 1 aromatic heterocycles. The number of nitrogens with zero attached hydrogens (tertiary/aromatic N) is 2. The number of thiocarbonyl (C=S) groups is 1. The zero-order valence-electron chi connectivity index (χ0n) is 16.2. The lowest BCUT2D eigenvalue weighted by Crippen LogP contribution is -2.20. The molecule has 0 spiro atoms. The van der Waals surface area contributed by atoms with Crippen molar-refractivity contribution in [1.29, 1.82) is 0 Å². The van der Waals surface area contributed by atoms with Crippen LogP contribution in [-0.2, 0) is 6.54 Å². The molecule has 4 rings (SSSR count). The van der Waals surface area contributed by atoms with Crippen LogP contribution in [-0.4, -0.2) is 14.9 Å². The molecule has 0 atom stereocenters. The maximum Gasteiger partial charge on any atom is 0.175 e. The molecule has 0 amide bonds. The Kier molecular flexibility index (Phi) is 5.65. The number of halogens is 1. The third-order valence-corrected chi connectivity index (χ3v) is 5.65. The quantitative estimate of drug-likeness (QED) is 0.349. The van der Waals surface area contributed by atoms with Crippen LogP contribution >= 0.6 is 28.1 Å². The molecule has 0 fully saturated rings. The van der Waals surface area contributed by atoms with Gasteiger partial charge in [0.25, 0.3) is 0 Å². The molecule has 2 N–H and O–H groups in total. The van der Waals surface area contributed by atoms with Crippen LogP contribution in [0, 0.1) is 13.8 Å². The van der Waals surface area contributed by atoms with E-state index in [0.717, 1.165) is 27.2 Å². The van der Waals surface area contributed by atoms with Gasteiger partial charge in [-0.1, -0.05) is 58.4 Å². The number of nitrogens with one attached hydrogen (secondary N) is 2. The number of hydrogen-bond acceptors (Lipinski definition) is 2. The van der Waals surface area contributed by atoms with E-state index in [1.54, 1.807) is 0 Å². The number of hydrogen-bond donors (Lipinski definition) is 2. The van der Waals surface area contributed by atoms with E-state index in [1.807, 2.05) is 35.9 Å². The molecule has 4 aromatic rings. The predicted molar refractivity (Wildman–Crippen MR) is 129 cm³/mol. The number of benzene rings is 3. The summed E-state index contributed by atoms with van der Waals surface area (Å²) in [5.74, 6) is 0. The summed E-state index contributed by atoms with van der Waals surface area (Å²) in [6.07, 6.45) is 0. The average Bonchev–Trinajstić information content (AvgIpc) is 2.97. The second-order valence-corrected chi connectivity index (χ2v) is 8.25. The lowest BCUT2D eigenvalue weighted by atomic mass is 10.0. The first kappa shape index (κ1) is 19.6. The molecule has 0 bridgehead atoms. The largest absolute Gasteiger partial charge is 0.332 e. The van der Waals surface area contributed by atoms with Crippen molar-refractivity contribution >= 4 is 55.4 Å². The minimum Gasteiger partial charge on any atom is -0.332 e. The molecule has 3 aromatic carbocycles. The summed E-state index contributed by atoms with van der Waals surface area (Å²) in [5.41, 5.74) is 5.10. The Morgan fingerprint density at radius 2 is 1.69 bits per heavy atom. The Balaban J connectivity index is 1.54. The molecule has 1 heterocycles. The first-order valence-corrected chi connectivity index (χ1v) is 10.6. The van der Waals surface area contributed by atoms with Crippen molar-refractivity contribution in [3.05, 3.63) is 88.2 Å². The van der Waals surface area contributed by atoms with Gasteiger partial charge < -0.3 is 10.6 Å². The summed E-state index contributed by atoms with van der Waals surface area (Å²) in [6, 6.07) is 22.7. The summed E-state index contributed by atoms with van der Waals surface area (Å²) in [4.78, 5) is 0. The van der Waals surface area contributed by atoms with Gasteiger partial charge >= 0.3 is 0 Å². The molecule has 29 heavy (non-hydrogen) atoms. The predicted octanol–water partition coefficient (Wildman–Crippen LogP) is 6.27. The highest BCUT2D eigenvalue weighted by Gasteiger charge is 2.14. The minimum absolute atomic E-state index is 0.545. The fourth-order valence-electron chi connectivity index (χ4n) is 3.43. The highest BCUT2D eigenvalue weighted by atomic mass is 79.9. The van der Waals surface area contributed by atoms with E-state index >= 15 is 0 Å². The van der Waals surface area contributed by atoms with E-state index in [-0.39, 0.29) is 0 Å². The van der Waals surface area contributed by atoms with Gasteiger partial charge in [-0.15, -0.1) is 0 Å². The fourth-order valence-corrected chi connectivity index (χ4v) is 3.92. The molecule has 0 aliphatic heterocycles. The van der Waals surface area contributed by atoms with Gasteiger partial charge in [0.2, 0.25) is 0 Å². The lowest BCUT2D eigenvalue weighted by Gasteiger charge is -2.12. The zero-order valence-corrected chi connectivity index (χ0v) is 18.6. The van der Waals surface area contributed by atoms with Crippen molar-refractivity contribution in [3.8, 4) is 0 Å². The van der Waals surface area contributed by atoms with Crippen LogP contribution in [0.1, 0.15) is 17.0 Å². The number of aryl methyl sites for hydroxylation is 1. The summed E-state index contributed by atoms with van der Waals surface area (Å²) in [7, 11) is 0. The van der Waals surface area contributed by atoms with Crippen LogP contribution in [0.5, 0.6) is 0 Å². The van der Waals surface area contributed by atoms with Crippen LogP contribution in [0.4, 0.5) is 11.4 Å². The van der Waals surface area contributed by atoms with Crippen LogP contribution in [0.2, 0.25) is 0 Å². The standard InChI is InChI=1S/C23H21BrN4S/c1-15-22(26-23(29)25-20-12-10-19(24)11-13-20)16(2)28(27-15)14-18-8-5-7-17-6-3-4-9-21(17)18/h3-13H,14H2,1-2H3,(H2,25,26,29). The van der Waals surface area contributed by atoms with Crippen LogP contribution in [0.3, 0.4) is 0 Å². The van der Waals surface area contributed by atoms with E-state index in [9.17, 15) is 0 Å². The highest BCUT2D eigenvalue weighted by molar-refractivity contribution is 9.10. The Morgan fingerprint density at radius 1 is 0.966 bits per heavy atom. The topological polar surface area (TPSA) is 41.9 Å². The number of anilines is 2. The van der Waals surface area contributed by atoms with Gasteiger partial charge in [-0.05, 0) is 66.7 Å². The zero-order chi connectivity index (χ0) is 20.4. The number of fused-ring (bicyclic) bond motifs is 1. The third-order valence-electron chi connectivity index (χ3n) is 4.92. The normalized spacial score (nSPS) is 10.9. The smallest absolute Gasteiger partial charge is 0.175 e. The monoisotopic (exact) mass is 464 g/mol. The van der Waals surface area contributed by atoms with Crippen molar-refractivity contribution in [3.63, 3.8) is 0 Å².